The van der Waals surface area contributed by atoms with Crippen LogP contribution < -0.4 is 0 Å². The van der Waals surface area contributed by atoms with Gasteiger partial charge in [-0.25, -0.2) is 0 Å². The van der Waals surface area contributed by atoms with E-state index in [0.717, 1.165) is 12.0 Å². The van der Waals surface area contributed by atoms with Crippen LogP contribution in [0.5, 0.6) is 0 Å². The molecule has 0 aliphatic heterocycles. The Labute approximate surface area is 105 Å². The van der Waals surface area contributed by atoms with E-state index in [1.54, 1.807) is 18.2 Å². The SMILES string of the molecule is CC(C)Cc1ccc(C(=O)Cl)c(C(=O)Cl)c1. The summed E-state index contributed by atoms with van der Waals surface area (Å²) in [4.78, 5) is 22.2. The molecule has 0 heterocycles. The van der Waals surface area contributed by atoms with E-state index in [2.05, 4.69) is 13.8 Å². The lowest BCUT2D eigenvalue weighted by molar-refractivity contribution is 0.105. The molecule has 1 rings (SSSR count). The Bertz CT molecular complexity index is 425. The van der Waals surface area contributed by atoms with E-state index < -0.39 is 10.5 Å². The summed E-state index contributed by atoms with van der Waals surface area (Å²) in [7, 11) is 0. The highest BCUT2D eigenvalue weighted by molar-refractivity contribution is 6.71. The maximum Gasteiger partial charge on any atom is 0.253 e. The molecule has 0 aliphatic rings. The van der Waals surface area contributed by atoms with Crippen LogP contribution in [0.25, 0.3) is 0 Å². The van der Waals surface area contributed by atoms with Crippen molar-refractivity contribution in [2.75, 3.05) is 0 Å². The molecular weight excluding hydrogens is 247 g/mol. The van der Waals surface area contributed by atoms with Gasteiger partial charge in [-0.1, -0.05) is 19.9 Å². The molecule has 0 fully saturated rings. The first-order chi connectivity index (χ1) is 7.41. The fourth-order valence-electron chi connectivity index (χ4n) is 1.52. The van der Waals surface area contributed by atoms with E-state index in [0.29, 0.717) is 5.92 Å². The number of benzene rings is 1. The van der Waals surface area contributed by atoms with Gasteiger partial charge in [0, 0.05) is 11.1 Å². The van der Waals surface area contributed by atoms with Gasteiger partial charge < -0.3 is 0 Å². The van der Waals surface area contributed by atoms with Crippen molar-refractivity contribution in [2.24, 2.45) is 5.92 Å². The molecule has 0 amide bonds. The van der Waals surface area contributed by atoms with Crippen molar-refractivity contribution in [1.82, 2.24) is 0 Å². The molecule has 0 atom stereocenters. The van der Waals surface area contributed by atoms with Crippen molar-refractivity contribution in [3.63, 3.8) is 0 Å². The van der Waals surface area contributed by atoms with Crippen LogP contribution in [0.15, 0.2) is 18.2 Å². The lowest BCUT2D eigenvalue weighted by Crippen LogP contribution is -2.03. The van der Waals surface area contributed by atoms with E-state index in [1.165, 1.54) is 0 Å². The summed E-state index contributed by atoms with van der Waals surface area (Å²) in [6.07, 6.45) is 0.827. The topological polar surface area (TPSA) is 34.1 Å². The summed E-state index contributed by atoms with van der Waals surface area (Å²) >= 11 is 10.8. The Morgan fingerprint density at radius 3 is 2.12 bits per heavy atom. The summed E-state index contributed by atoms with van der Waals surface area (Å²) < 4.78 is 0. The molecule has 1 aromatic carbocycles. The van der Waals surface area contributed by atoms with Crippen molar-refractivity contribution in [2.45, 2.75) is 20.3 Å². The largest absolute Gasteiger partial charge is 0.276 e. The minimum Gasteiger partial charge on any atom is -0.276 e. The van der Waals surface area contributed by atoms with Crippen LogP contribution in [0.4, 0.5) is 0 Å². The first kappa shape index (κ1) is 13.2. The van der Waals surface area contributed by atoms with Crippen LogP contribution in [-0.4, -0.2) is 10.5 Å². The normalized spacial score (nSPS) is 10.6. The molecule has 86 valence electrons. The van der Waals surface area contributed by atoms with E-state index in [1.807, 2.05) is 0 Å². The van der Waals surface area contributed by atoms with E-state index in [4.69, 9.17) is 23.2 Å². The van der Waals surface area contributed by atoms with Crippen LogP contribution in [0.3, 0.4) is 0 Å². The number of hydrogen-bond acceptors (Lipinski definition) is 2. The van der Waals surface area contributed by atoms with Gasteiger partial charge in [0.15, 0.2) is 0 Å². The molecule has 0 radical (unpaired) electrons. The van der Waals surface area contributed by atoms with Crippen LogP contribution in [-0.2, 0) is 6.42 Å². The molecule has 16 heavy (non-hydrogen) atoms. The Kier molecular flexibility index (Phi) is 4.51. The Balaban J connectivity index is 3.17. The molecule has 1 aromatic rings. The zero-order valence-electron chi connectivity index (χ0n) is 9.09. The van der Waals surface area contributed by atoms with E-state index in [9.17, 15) is 9.59 Å². The second-order valence-corrected chi connectivity index (χ2v) is 4.71. The molecular formula is C12H12Cl2O2. The van der Waals surface area contributed by atoms with Crippen molar-refractivity contribution in [3.8, 4) is 0 Å². The Hall–Kier alpha value is -0.860. The summed E-state index contributed by atoms with van der Waals surface area (Å²) in [5.41, 5.74) is 1.31. The highest BCUT2D eigenvalue weighted by atomic mass is 35.5. The van der Waals surface area contributed by atoms with Crippen molar-refractivity contribution < 1.29 is 9.59 Å². The third-order valence-corrected chi connectivity index (χ3v) is 2.56. The van der Waals surface area contributed by atoms with Crippen LogP contribution in [0.1, 0.15) is 40.1 Å². The fourth-order valence-corrected chi connectivity index (χ4v) is 1.84. The van der Waals surface area contributed by atoms with E-state index >= 15 is 0 Å². The third kappa shape index (κ3) is 3.32. The number of rotatable bonds is 4. The first-order valence-corrected chi connectivity index (χ1v) is 5.70. The predicted octanol–water partition coefficient (Wildman–Crippen LogP) is 3.64. The van der Waals surface area contributed by atoms with Crippen molar-refractivity contribution in [1.29, 1.82) is 0 Å². The van der Waals surface area contributed by atoms with Crippen LogP contribution in [0, 0.1) is 5.92 Å². The molecule has 2 nitrogen and oxygen atoms in total. The number of halogens is 2. The first-order valence-electron chi connectivity index (χ1n) is 4.94. The summed E-state index contributed by atoms with van der Waals surface area (Å²) in [5, 5.41) is -1.32. The second-order valence-electron chi connectivity index (χ2n) is 4.03. The zero-order valence-corrected chi connectivity index (χ0v) is 10.6. The second kappa shape index (κ2) is 5.46. The Morgan fingerprint density at radius 2 is 1.69 bits per heavy atom. The van der Waals surface area contributed by atoms with Gasteiger partial charge in [0.2, 0.25) is 0 Å². The maximum absolute atomic E-state index is 11.2. The average molecular weight is 259 g/mol. The van der Waals surface area contributed by atoms with Crippen LogP contribution in [0.2, 0.25) is 0 Å². The summed E-state index contributed by atoms with van der Waals surface area (Å²) in [6.45, 7) is 4.14. The van der Waals surface area contributed by atoms with Crippen molar-refractivity contribution in [3.05, 3.63) is 34.9 Å². The van der Waals surface area contributed by atoms with E-state index in [-0.39, 0.29) is 11.1 Å². The third-order valence-electron chi connectivity index (χ3n) is 2.15. The molecule has 0 unspecified atom stereocenters. The number of carbonyl (C=O) groups excluding carboxylic acids is 2. The standard InChI is InChI=1S/C12H12Cl2O2/c1-7(2)5-8-3-4-9(11(13)15)10(6-8)12(14)16/h3-4,6-7H,5H2,1-2H3. The van der Waals surface area contributed by atoms with Gasteiger partial charge in [-0.2, -0.15) is 0 Å². The minimum absolute atomic E-state index is 0.161. The van der Waals surface area contributed by atoms with Crippen molar-refractivity contribution >= 4 is 33.7 Å². The smallest absolute Gasteiger partial charge is 0.253 e. The minimum atomic E-state index is -0.667. The highest BCUT2D eigenvalue weighted by Crippen LogP contribution is 2.18. The van der Waals surface area contributed by atoms with Gasteiger partial charge in [-0.05, 0) is 53.2 Å². The van der Waals surface area contributed by atoms with Gasteiger partial charge in [0.05, 0.1) is 0 Å². The van der Waals surface area contributed by atoms with Gasteiger partial charge >= 0.3 is 0 Å². The molecule has 0 saturated carbocycles. The van der Waals surface area contributed by atoms with Gasteiger partial charge in [-0.3, -0.25) is 9.59 Å². The predicted molar refractivity (Wildman–Crippen MR) is 65.4 cm³/mol. The molecule has 0 aromatic heterocycles. The molecule has 0 aliphatic carbocycles. The zero-order chi connectivity index (χ0) is 12.3. The highest BCUT2D eigenvalue weighted by Gasteiger charge is 2.14. The molecule has 0 bridgehead atoms. The lowest BCUT2D eigenvalue weighted by Gasteiger charge is -2.08. The average Bonchev–Trinajstić information content (AvgIpc) is 2.16. The molecule has 0 N–H and O–H groups in total. The van der Waals surface area contributed by atoms with Gasteiger partial charge in [0.25, 0.3) is 10.5 Å². The molecule has 0 saturated heterocycles. The summed E-state index contributed by atoms with van der Waals surface area (Å²) in [6, 6.07) is 4.96. The van der Waals surface area contributed by atoms with Crippen LogP contribution >= 0.6 is 23.2 Å². The Morgan fingerprint density at radius 1 is 1.12 bits per heavy atom. The van der Waals surface area contributed by atoms with Gasteiger partial charge in [-0.15, -0.1) is 0 Å². The monoisotopic (exact) mass is 258 g/mol. The quantitative estimate of drug-likeness (QED) is 0.773. The summed E-state index contributed by atoms with van der Waals surface area (Å²) in [5.74, 6) is 0.468. The van der Waals surface area contributed by atoms with Gasteiger partial charge in [0.1, 0.15) is 0 Å². The molecule has 4 heteroatoms. The lowest BCUT2D eigenvalue weighted by atomic mass is 9.98. The number of hydrogen-bond donors (Lipinski definition) is 0. The fraction of sp³-hybridized carbons (Fsp3) is 0.333. The number of carbonyl (C=O) groups is 2. The maximum atomic E-state index is 11.2. The molecule has 0 spiro atoms.